The van der Waals surface area contributed by atoms with E-state index in [2.05, 4.69) is 18.7 Å². The molecule has 0 saturated carbocycles. The van der Waals surface area contributed by atoms with Gasteiger partial charge in [-0.25, -0.2) is 0 Å². The van der Waals surface area contributed by atoms with Gasteiger partial charge in [0.1, 0.15) is 34.7 Å². The van der Waals surface area contributed by atoms with Crippen LogP contribution in [0.3, 0.4) is 0 Å². The van der Waals surface area contributed by atoms with Gasteiger partial charge < -0.3 is 56.8 Å². The predicted octanol–water partition coefficient (Wildman–Crippen LogP) is 22.5. The highest BCUT2D eigenvalue weighted by Gasteiger charge is 2.47. The summed E-state index contributed by atoms with van der Waals surface area (Å²) in [6.45, 7) is -19.0. The molecule has 0 aromatic heterocycles. The first-order valence-corrected chi connectivity index (χ1v) is 45.3. The quantitative estimate of drug-likeness (QED) is 0.0466. The summed E-state index contributed by atoms with van der Waals surface area (Å²) in [7, 11) is -2.01. The number of piperidine rings is 6. The van der Waals surface area contributed by atoms with Crippen LogP contribution in [-0.2, 0) is 67.1 Å². The lowest BCUT2D eigenvalue weighted by molar-refractivity contribution is -0.130. The number of ketones is 6. The molecule has 12 aliphatic heterocycles. The second-order valence-corrected chi connectivity index (χ2v) is 35.0. The summed E-state index contributed by atoms with van der Waals surface area (Å²) in [5, 5.41) is 0. The highest BCUT2D eigenvalue weighted by molar-refractivity contribution is 5.86. The van der Waals surface area contributed by atoms with Crippen molar-refractivity contribution < 1.29 is 184 Å². The number of Topliss-reactive ketones (excluding diaryl/α,β-unsaturated/α-hetero) is 6. The van der Waals surface area contributed by atoms with E-state index in [9.17, 15) is 32.9 Å². The van der Waals surface area contributed by atoms with Gasteiger partial charge in [0, 0.05) is 258 Å². The van der Waals surface area contributed by atoms with Crippen molar-refractivity contribution in [3.63, 3.8) is 0 Å². The van der Waals surface area contributed by atoms with E-state index in [4.69, 9.17) is 151 Å². The van der Waals surface area contributed by atoms with E-state index < -0.39 is 398 Å². The topological polar surface area (TPSA) is 233 Å². The number of methoxy groups -OCH3 is 12. The maximum atomic E-state index is 14.2. The number of fused-ring (bicyclic) bond motifs is 18. The summed E-state index contributed by atoms with van der Waals surface area (Å²) in [6, 6.07) is -8.23. The third kappa shape index (κ3) is 27.2. The zero-order valence-corrected chi connectivity index (χ0v) is 81.3. The standard InChI is InChI=1S/3C20H29NO3.3C19H27NO3.3CH4/c3*1-5-13(2)8-15-12-21-7-6-14-9-19(23-3)20(24-4)10-16(14)17(21)11-18(15)22;3*1-12(2)7-14-11-20-6-5-13-8-18(22-3)19(23-4)9-15(13)16(20)10-17(14)21;;;/h3*9-10,13,15,17H,5-8,11-12H2,1-4H3;3*8-9,12,14,16H,5-7,10-11H2,1-4H3;3*1H4/i2D3,4D3,5D2,6D2,7D2,8D2,9D,10D,11D2,12D2,13D,15D,17D;2D3,5D2,6D2,7D2,8D2,9D,10D,12D2,13D,17D;2D3,4D3,5D2,8D2,13D;5D2,6D2,8D,9D,10D2,11D2,14D,16D;4D3,10D2,14D;4D3;;;. The number of nitrogens with zero attached hydrogens (tertiary/aromatic N) is 6. The Morgan fingerprint density at radius 1 is 0.340 bits per heavy atom. The Kier molecular flexibility index (Phi) is 19.2. The molecule has 798 valence electrons. The Hall–Kier alpha value is -9.30. The molecule has 0 aliphatic carbocycles. The first kappa shape index (κ1) is 51.8. The van der Waals surface area contributed by atoms with Crippen molar-refractivity contribution in [1.82, 2.24) is 29.4 Å². The maximum absolute atomic E-state index is 14.2. The molecule has 15 unspecified atom stereocenters. The largest absolute Gasteiger partial charge is 0.493 e. The fourth-order valence-corrected chi connectivity index (χ4v) is 17.8. The van der Waals surface area contributed by atoms with Crippen molar-refractivity contribution in [1.29, 1.82) is 0 Å². The van der Waals surface area contributed by atoms with Gasteiger partial charge in [-0.05, 0) is 252 Å². The van der Waals surface area contributed by atoms with Gasteiger partial charge in [0.05, 0.1) is 114 Å². The second-order valence-electron chi connectivity index (χ2n) is 35.0. The van der Waals surface area contributed by atoms with Gasteiger partial charge in [0.2, 0.25) is 0 Å². The minimum Gasteiger partial charge on any atom is -0.493 e. The molecule has 15 atom stereocenters. The van der Waals surface area contributed by atoms with Gasteiger partial charge in [0.25, 0.3) is 0 Å². The van der Waals surface area contributed by atoms with Crippen LogP contribution in [0.25, 0.3) is 0 Å². The zero-order chi connectivity index (χ0) is 165. The number of benzene rings is 6. The molecule has 6 fully saturated rings. The first-order valence-electron chi connectivity index (χ1n) is 81.3. The third-order valence-electron chi connectivity index (χ3n) is 24.6. The minimum atomic E-state index is -4.70. The van der Waals surface area contributed by atoms with Gasteiger partial charge in [-0.1, -0.05) is 124 Å². The SMILES string of the molecule is C.C.C.[2H]C([2H])([2H])Oc1cc2c(cc1OC)CCN1CC(C([2H])([2H])C([2H])(C([2H])([2H])[2H])C([2H])([2H])C)C(=O)CC21.[2H]C([2H])([2H])Oc1cc2c(cc1OC)CCN1CC(CC(C)C)C(=O)CC21.[2H]C([2H])([2H])Oc1cc2c(cc1OC)CCN1CC([2H])(CC(C)C)C(=O)C([2H])([2H])C21.[2H]c1c(OC)c(OC([2H])([2H])[2H])c([2H])c2c1C([2H])([2H])C([2H])([2H])N1C([2H])([2H])C([2H])(C([2H])([2H])C([2H])(C([2H])([2H])[2H])C([2H])([2H])C)C(=O)C([2H])([2H])C21[2H].[2H]c1c(OC)c(OC)c([2H])c2c1C([2H])([2H])C([2H])([2H])N1C([2H])([2H])C([2H])(CC(C)C)C(=O)C([2H])([2H])C21[2H].[2H]c1c(OC)c(OC)c([2H])c2c1C1([2H])CC(=O)C(C([2H])([2H])C([2H])(C([2H])([2H])[2H])C([2H])([2H])C)C([2H])([2H])N1C([2H])([2H])C2([2H])[2H]. The zero-order valence-electron chi connectivity index (χ0n) is 153. The van der Waals surface area contributed by atoms with E-state index in [0.29, 0.717) is 74.8 Å². The summed E-state index contributed by atoms with van der Waals surface area (Å²) >= 11 is 0. The molecule has 6 saturated heterocycles. The van der Waals surface area contributed by atoms with Crippen LogP contribution in [0, 0.1) is 70.9 Å². The van der Waals surface area contributed by atoms with E-state index in [-0.39, 0.29) is 105 Å². The van der Waals surface area contributed by atoms with Gasteiger partial charge in [-0.3, -0.25) is 58.2 Å². The van der Waals surface area contributed by atoms with Crippen LogP contribution >= 0.6 is 0 Å². The second kappa shape index (κ2) is 53.5. The van der Waals surface area contributed by atoms with Crippen molar-refractivity contribution in [2.24, 2.45) is 70.9 Å². The lowest BCUT2D eigenvalue weighted by atomic mass is 9.79. The van der Waals surface area contributed by atoms with Crippen molar-refractivity contribution in [2.75, 3.05) is 163 Å². The number of hydrogen-bond donors (Lipinski definition) is 0. The molecule has 6 aromatic rings. The Balaban J connectivity index is 0.000000257. The summed E-state index contributed by atoms with van der Waals surface area (Å²) in [5.41, 5.74) is -1.68. The van der Waals surface area contributed by atoms with Crippen LogP contribution in [0.1, 0.15) is 403 Å². The summed E-state index contributed by atoms with van der Waals surface area (Å²) < 4.78 is 660. The van der Waals surface area contributed by atoms with Crippen LogP contribution < -0.4 is 56.8 Å². The van der Waals surface area contributed by atoms with Crippen LogP contribution in [0.5, 0.6) is 69.0 Å². The summed E-state index contributed by atoms with van der Waals surface area (Å²) in [4.78, 5) is 85.3. The Bertz CT molecular complexity index is 8840. The molecule has 0 bridgehead atoms. The van der Waals surface area contributed by atoms with Crippen LogP contribution in [0.4, 0.5) is 0 Å². The average molecular weight is 2070 g/mol. The number of hydrogen-bond acceptors (Lipinski definition) is 24. The molecule has 144 heavy (non-hydrogen) atoms. The fraction of sp³-hybridized carbons (Fsp3) is 0.650. The van der Waals surface area contributed by atoms with Crippen molar-refractivity contribution in [2.45, 2.75) is 276 Å². The number of carbonyl (C=O) groups excluding carboxylic acids is 6. The maximum Gasteiger partial charge on any atom is 0.161 e. The number of rotatable bonds is 27. The molecule has 18 rings (SSSR count). The molecular weight excluding hydrogens is 1810 g/mol. The van der Waals surface area contributed by atoms with Gasteiger partial charge in [0.15, 0.2) is 69.0 Å². The molecule has 24 nitrogen and oxygen atoms in total. The fourth-order valence-electron chi connectivity index (χ4n) is 17.8. The van der Waals surface area contributed by atoms with E-state index >= 15 is 0 Å². The Morgan fingerprint density at radius 2 is 0.667 bits per heavy atom. The van der Waals surface area contributed by atoms with E-state index in [1.54, 1.807) is 36.9 Å². The van der Waals surface area contributed by atoms with Crippen molar-refractivity contribution >= 4 is 34.7 Å². The van der Waals surface area contributed by atoms with Gasteiger partial charge in [-0.2, -0.15) is 0 Å². The van der Waals surface area contributed by atoms with Crippen molar-refractivity contribution in [3.05, 3.63) is 139 Å². The predicted molar refractivity (Wildman–Crippen MR) is 575 cm³/mol. The molecule has 24 heteroatoms. The Morgan fingerprint density at radius 3 is 1.08 bits per heavy atom. The molecular formula is C120H180N6O18. The molecule has 6 aromatic carbocycles. The monoisotopic (exact) mass is 2070 g/mol. The molecule has 0 N–H and O–H groups in total. The molecule has 12 heterocycles. The molecule has 12 aliphatic rings. The lowest BCUT2D eigenvalue weighted by Crippen LogP contribution is -2.46. The van der Waals surface area contributed by atoms with Crippen LogP contribution in [0.2, 0.25) is 0 Å². The van der Waals surface area contributed by atoms with E-state index in [0.717, 1.165) is 90.7 Å². The normalized spacial score (nSPS) is 40.6. The van der Waals surface area contributed by atoms with Crippen LogP contribution in [0.15, 0.2) is 72.7 Å². The third-order valence-corrected chi connectivity index (χ3v) is 24.6. The number of ether oxygens (including phenoxy) is 12. The molecule has 0 spiro atoms. The number of carbonyl (C=O) groups is 6. The van der Waals surface area contributed by atoms with E-state index in [1.165, 1.54) is 33.5 Å². The first-order chi connectivity index (χ1) is 95.3. The van der Waals surface area contributed by atoms with Crippen LogP contribution in [-0.4, -0.2) is 227 Å². The lowest BCUT2D eigenvalue weighted by Gasteiger charge is -2.43. The van der Waals surface area contributed by atoms with E-state index in [1.807, 2.05) is 24.8 Å². The molecule has 0 radical (unpaired) electrons. The molecule has 0 amide bonds. The van der Waals surface area contributed by atoms with Crippen molar-refractivity contribution in [3.8, 4) is 69.0 Å². The average Bonchev–Trinajstić information content (AvgIpc) is 0.627. The van der Waals surface area contributed by atoms with Gasteiger partial charge >= 0.3 is 0 Å². The summed E-state index contributed by atoms with van der Waals surface area (Å²) in [6.07, 6.45) is -40.4. The summed E-state index contributed by atoms with van der Waals surface area (Å²) in [5.74, 6) is -34.8. The smallest absolute Gasteiger partial charge is 0.161 e. The highest BCUT2D eigenvalue weighted by Crippen LogP contribution is 2.51. The highest BCUT2D eigenvalue weighted by atomic mass is 16.5. The minimum absolute atomic E-state index is 0. The van der Waals surface area contributed by atoms with Gasteiger partial charge in [-0.15, -0.1) is 0 Å². The Labute approximate surface area is 965 Å².